The number of hydrogen-bond acceptors (Lipinski definition) is 8. The number of nitrogens with one attached hydrogen (secondary N) is 3. The largest absolute Gasteiger partial charge is 0.472 e. The van der Waals surface area contributed by atoms with Crippen molar-refractivity contribution in [1.29, 1.82) is 5.26 Å². The minimum absolute atomic E-state index is 0.173. The van der Waals surface area contributed by atoms with E-state index in [0.29, 0.717) is 34.9 Å². The number of benzene rings is 1. The van der Waals surface area contributed by atoms with Crippen LogP contribution in [0.3, 0.4) is 0 Å². The Labute approximate surface area is 212 Å². The van der Waals surface area contributed by atoms with Gasteiger partial charge in [-0.2, -0.15) is 5.26 Å². The summed E-state index contributed by atoms with van der Waals surface area (Å²) in [6.07, 6.45) is 3.15. The number of nitrogens with zero attached hydrogens (tertiary/aromatic N) is 3. The lowest BCUT2D eigenvalue weighted by Crippen LogP contribution is -2.40. The second-order valence-corrected chi connectivity index (χ2v) is 8.45. The molecule has 3 heterocycles. The summed E-state index contributed by atoms with van der Waals surface area (Å²) in [6, 6.07) is 16.8. The van der Waals surface area contributed by atoms with Gasteiger partial charge in [-0.15, -0.1) is 16.4 Å². The number of carbonyl (C=O) groups is 1. The number of amides is 1. The van der Waals surface area contributed by atoms with E-state index in [4.69, 9.17) is 9.15 Å². The van der Waals surface area contributed by atoms with Crippen molar-refractivity contribution in [3.8, 4) is 33.6 Å². The lowest BCUT2D eigenvalue weighted by atomic mass is 10.0. The van der Waals surface area contributed by atoms with E-state index in [0.717, 1.165) is 16.0 Å². The molecule has 4 aromatic rings. The maximum Gasteiger partial charge on any atom is 0.257 e. The zero-order valence-corrected chi connectivity index (χ0v) is 20.6. The van der Waals surface area contributed by atoms with Gasteiger partial charge in [0.2, 0.25) is 11.8 Å². The molecule has 0 unspecified atom stereocenters. The summed E-state index contributed by atoms with van der Waals surface area (Å²) in [5.41, 5.74) is 6.57. The molecule has 0 aliphatic heterocycles. The first-order chi connectivity index (χ1) is 17.6. The van der Waals surface area contributed by atoms with Gasteiger partial charge in [-0.1, -0.05) is 18.2 Å². The van der Waals surface area contributed by atoms with Gasteiger partial charge in [0.25, 0.3) is 5.91 Å². The highest BCUT2D eigenvalue weighted by atomic mass is 32.1. The molecule has 0 aliphatic carbocycles. The Morgan fingerprint density at radius 1 is 1.25 bits per heavy atom. The third-order valence-electron chi connectivity index (χ3n) is 5.11. The topological polar surface area (TPSA) is 125 Å². The molecule has 0 radical (unpaired) electrons. The number of pyridine rings is 1. The van der Waals surface area contributed by atoms with Gasteiger partial charge < -0.3 is 19.9 Å². The summed E-state index contributed by atoms with van der Waals surface area (Å²) in [4.78, 5) is 18.1. The van der Waals surface area contributed by atoms with Gasteiger partial charge in [0.05, 0.1) is 23.1 Å². The van der Waals surface area contributed by atoms with Crippen LogP contribution in [0, 0.1) is 11.3 Å². The first-order valence-corrected chi connectivity index (χ1v) is 12.0. The summed E-state index contributed by atoms with van der Waals surface area (Å²) < 4.78 is 11.3. The van der Waals surface area contributed by atoms with Gasteiger partial charge in [0, 0.05) is 30.3 Å². The summed E-state index contributed by atoms with van der Waals surface area (Å²) in [5.74, 6) is 0.262. The first-order valence-electron chi connectivity index (χ1n) is 11.2. The SMILES string of the molecule is CCN/N=C(\NC)NC(=O)c1ccc(COc2nc(-c3cccs3)cc(-c3ccoc3)c2C#N)cc1. The maximum absolute atomic E-state index is 12.5. The molecule has 3 aromatic heterocycles. The van der Waals surface area contributed by atoms with Gasteiger partial charge in [-0.05, 0) is 48.2 Å². The van der Waals surface area contributed by atoms with E-state index >= 15 is 0 Å². The Morgan fingerprint density at radius 3 is 2.72 bits per heavy atom. The molecular formula is C26H24N6O3S. The maximum atomic E-state index is 12.5. The van der Waals surface area contributed by atoms with Crippen LogP contribution in [0.4, 0.5) is 0 Å². The number of aromatic nitrogens is 1. The van der Waals surface area contributed by atoms with Crippen molar-refractivity contribution < 1.29 is 13.9 Å². The predicted octanol–water partition coefficient (Wildman–Crippen LogP) is 4.35. The standard InChI is InChI=1S/C26H24N6O3S/c1-3-29-32-26(28-2)31-24(33)18-8-6-17(7-9-18)15-35-25-21(14-27)20(19-10-11-34-16-19)13-22(30-25)23-5-4-12-36-23/h4-13,16,29H,3,15H2,1-2H3,(H2,28,31,32,33). The quantitative estimate of drug-likeness (QED) is 0.187. The van der Waals surface area contributed by atoms with Crippen LogP contribution in [0.1, 0.15) is 28.4 Å². The van der Waals surface area contributed by atoms with Crippen molar-refractivity contribution in [2.45, 2.75) is 13.5 Å². The molecule has 1 amide bonds. The highest BCUT2D eigenvalue weighted by Crippen LogP contribution is 2.35. The molecule has 0 fully saturated rings. The molecule has 0 saturated heterocycles. The smallest absolute Gasteiger partial charge is 0.257 e. The molecular weight excluding hydrogens is 476 g/mol. The molecule has 3 N–H and O–H groups in total. The molecule has 182 valence electrons. The predicted molar refractivity (Wildman–Crippen MR) is 138 cm³/mol. The lowest BCUT2D eigenvalue weighted by molar-refractivity contribution is 0.0975. The van der Waals surface area contributed by atoms with Crippen molar-refractivity contribution in [1.82, 2.24) is 21.0 Å². The average molecular weight is 501 g/mol. The minimum Gasteiger partial charge on any atom is -0.472 e. The molecule has 0 spiro atoms. The number of hydrogen-bond donors (Lipinski definition) is 3. The van der Waals surface area contributed by atoms with Gasteiger partial charge in [0.1, 0.15) is 18.2 Å². The zero-order valence-electron chi connectivity index (χ0n) is 19.7. The van der Waals surface area contributed by atoms with Crippen LogP contribution in [-0.2, 0) is 6.61 Å². The van der Waals surface area contributed by atoms with Crippen molar-refractivity contribution in [3.05, 3.63) is 83.1 Å². The molecule has 10 heteroatoms. The molecule has 36 heavy (non-hydrogen) atoms. The number of nitriles is 1. The van der Waals surface area contributed by atoms with Crippen molar-refractivity contribution >= 4 is 23.2 Å². The molecule has 0 saturated carbocycles. The highest BCUT2D eigenvalue weighted by molar-refractivity contribution is 7.13. The number of guanidine groups is 1. The Morgan fingerprint density at radius 2 is 2.08 bits per heavy atom. The second kappa shape index (κ2) is 11.7. The summed E-state index contributed by atoms with van der Waals surface area (Å²) >= 11 is 1.55. The highest BCUT2D eigenvalue weighted by Gasteiger charge is 2.18. The zero-order chi connectivity index (χ0) is 25.3. The van der Waals surface area contributed by atoms with E-state index in [1.165, 1.54) is 0 Å². The van der Waals surface area contributed by atoms with E-state index < -0.39 is 0 Å². The first kappa shape index (κ1) is 24.5. The number of carbonyl (C=O) groups excluding carboxylic acids is 1. The van der Waals surface area contributed by atoms with Crippen LogP contribution in [0.15, 0.2) is 76.0 Å². The number of thiophene rings is 1. The normalized spacial score (nSPS) is 11.0. The van der Waals surface area contributed by atoms with E-state index in [-0.39, 0.29) is 18.4 Å². The number of ether oxygens (including phenoxy) is 1. The van der Waals surface area contributed by atoms with E-state index in [2.05, 4.69) is 32.2 Å². The molecule has 4 rings (SSSR count). The molecule has 0 bridgehead atoms. The van der Waals surface area contributed by atoms with E-state index in [1.54, 1.807) is 61.2 Å². The van der Waals surface area contributed by atoms with Crippen molar-refractivity contribution in [2.24, 2.45) is 5.10 Å². The van der Waals surface area contributed by atoms with Gasteiger partial charge >= 0.3 is 0 Å². The minimum atomic E-state index is -0.296. The number of rotatable bonds is 8. The summed E-state index contributed by atoms with van der Waals surface area (Å²) in [5, 5.41) is 21.4. The van der Waals surface area contributed by atoms with Crippen LogP contribution in [0.25, 0.3) is 21.7 Å². The fraction of sp³-hybridized carbons (Fsp3) is 0.154. The van der Waals surface area contributed by atoms with E-state index in [9.17, 15) is 10.1 Å². The molecule has 9 nitrogen and oxygen atoms in total. The second-order valence-electron chi connectivity index (χ2n) is 7.50. The van der Waals surface area contributed by atoms with Gasteiger partial charge in [0.15, 0.2) is 0 Å². The van der Waals surface area contributed by atoms with Crippen LogP contribution in [0.5, 0.6) is 5.88 Å². The van der Waals surface area contributed by atoms with Crippen molar-refractivity contribution in [2.75, 3.05) is 13.6 Å². The third-order valence-corrected chi connectivity index (χ3v) is 6.01. The molecule has 1 aromatic carbocycles. The van der Waals surface area contributed by atoms with Crippen LogP contribution < -0.4 is 20.8 Å². The number of furan rings is 1. The van der Waals surface area contributed by atoms with Crippen LogP contribution in [0.2, 0.25) is 0 Å². The number of hydrazone groups is 1. The molecule has 0 atom stereocenters. The van der Waals surface area contributed by atoms with Crippen LogP contribution in [-0.4, -0.2) is 30.4 Å². The third kappa shape index (κ3) is 5.71. The Kier molecular flexibility index (Phi) is 7.95. The summed E-state index contributed by atoms with van der Waals surface area (Å²) in [7, 11) is 1.67. The van der Waals surface area contributed by atoms with E-state index in [1.807, 2.05) is 30.5 Å². The monoisotopic (exact) mass is 500 g/mol. The Hall–Kier alpha value is -4.62. The fourth-order valence-electron chi connectivity index (χ4n) is 3.32. The Bertz CT molecular complexity index is 1370. The average Bonchev–Trinajstić information content (AvgIpc) is 3.64. The molecule has 0 aliphatic rings. The van der Waals surface area contributed by atoms with Gasteiger partial charge in [-0.25, -0.2) is 4.98 Å². The summed E-state index contributed by atoms with van der Waals surface area (Å²) in [6.45, 7) is 2.72. The van der Waals surface area contributed by atoms with Crippen molar-refractivity contribution in [3.63, 3.8) is 0 Å². The fourth-order valence-corrected chi connectivity index (χ4v) is 4.00. The van der Waals surface area contributed by atoms with Crippen LogP contribution >= 0.6 is 11.3 Å². The Balaban J connectivity index is 1.54. The lowest BCUT2D eigenvalue weighted by Gasteiger charge is -2.12. The van der Waals surface area contributed by atoms with Gasteiger partial charge in [-0.3, -0.25) is 10.1 Å².